The van der Waals surface area contributed by atoms with E-state index in [1.807, 2.05) is 0 Å². The van der Waals surface area contributed by atoms with Crippen LogP contribution < -0.4 is 0 Å². The van der Waals surface area contributed by atoms with Crippen LogP contribution in [-0.2, 0) is 4.79 Å². The molecule has 1 fully saturated rings. The highest BCUT2D eigenvalue weighted by Gasteiger charge is 2.37. The number of aryl methyl sites for hydroxylation is 1. The lowest BCUT2D eigenvalue weighted by Gasteiger charge is -2.35. The van der Waals surface area contributed by atoms with Crippen LogP contribution in [0.25, 0.3) is 0 Å². The first kappa shape index (κ1) is 13.6. The van der Waals surface area contributed by atoms with Gasteiger partial charge in [-0.15, -0.1) is 11.3 Å². The van der Waals surface area contributed by atoms with E-state index in [-0.39, 0.29) is 11.8 Å². The molecule has 2 nitrogen and oxygen atoms in total. The van der Waals surface area contributed by atoms with Crippen molar-refractivity contribution < 1.29 is 9.90 Å². The lowest BCUT2D eigenvalue weighted by Crippen LogP contribution is -2.30. The number of hydrogen-bond acceptors (Lipinski definition) is 2. The third-order valence-electron chi connectivity index (χ3n) is 4.39. The fraction of sp³-hybridized carbons (Fsp3) is 0.667. The molecule has 1 heterocycles. The molecule has 1 aliphatic rings. The molecular formula is C15H22O2S. The van der Waals surface area contributed by atoms with Crippen LogP contribution in [0.15, 0.2) is 11.4 Å². The van der Waals surface area contributed by atoms with Crippen molar-refractivity contribution in [1.29, 1.82) is 0 Å². The molecule has 0 radical (unpaired) electrons. The first-order chi connectivity index (χ1) is 8.50. The van der Waals surface area contributed by atoms with Crippen LogP contribution in [0.1, 0.15) is 49.5 Å². The Bertz CT molecular complexity index is 422. The van der Waals surface area contributed by atoms with E-state index in [1.54, 1.807) is 11.3 Å². The highest BCUT2D eigenvalue weighted by molar-refractivity contribution is 7.10. The fourth-order valence-corrected chi connectivity index (χ4v) is 4.27. The van der Waals surface area contributed by atoms with Gasteiger partial charge in [0.15, 0.2) is 0 Å². The number of carboxylic acid groups (broad SMARTS) is 1. The van der Waals surface area contributed by atoms with Gasteiger partial charge in [-0.05, 0) is 55.0 Å². The summed E-state index contributed by atoms with van der Waals surface area (Å²) in [5.41, 5.74) is 1.26. The third kappa shape index (κ3) is 2.61. The summed E-state index contributed by atoms with van der Waals surface area (Å²) in [6, 6.07) is 2.11. The van der Waals surface area contributed by atoms with Crippen LogP contribution >= 0.6 is 11.3 Å². The van der Waals surface area contributed by atoms with Crippen LogP contribution in [0.3, 0.4) is 0 Å². The van der Waals surface area contributed by atoms with E-state index in [0.29, 0.717) is 11.8 Å². The Labute approximate surface area is 113 Å². The van der Waals surface area contributed by atoms with Crippen molar-refractivity contribution in [2.24, 2.45) is 17.8 Å². The first-order valence-corrected chi connectivity index (χ1v) is 7.65. The second-order valence-corrected chi connectivity index (χ2v) is 6.78. The second-order valence-electron chi connectivity index (χ2n) is 5.84. The monoisotopic (exact) mass is 266 g/mol. The molecule has 1 aromatic heterocycles. The standard InChI is InChI=1S/C15H22O2S/c1-9(2)11-4-5-12(15(16)17)13(8-11)14-10(3)6-7-18-14/h6-7,9,11-13H,4-5,8H2,1-3H3,(H,16,17). The molecule has 0 spiro atoms. The summed E-state index contributed by atoms with van der Waals surface area (Å²) < 4.78 is 0. The molecule has 0 amide bonds. The predicted octanol–water partition coefficient (Wildman–Crippen LogP) is 4.30. The van der Waals surface area contributed by atoms with Crippen LogP contribution in [-0.4, -0.2) is 11.1 Å². The Balaban J connectivity index is 2.25. The summed E-state index contributed by atoms with van der Waals surface area (Å²) in [7, 11) is 0. The van der Waals surface area contributed by atoms with E-state index in [1.165, 1.54) is 10.4 Å². The van der Waals surface area contributed by atoms with Crippen LogP contribution in [0.4, 0.5) is 0 Å². The van der Waals surface area contributed by atoms with Gasteiger partial charge in [0.05, 0.1) is 5.92 Å². The van der Waals surface area contributed by atoms with E-state index < -0.39 is 5.97 Å². The highest BCUT2D eigenvalue weighted by atomic mass is 32.1. The molecule has 1 saturated carbocycles. The Kier molecular flexibility index (Phi) is 4.10. The maximum atomic E-state index is 11.5. The molecule has 0 aromatic carbocycles. The maximum absolute atomic E-state index is 11.5. The average Bonchev–Trinajstić information content (AvgIpc) is 2.74. The van der Waals surface area contributed by atoms with Crippen molar-refractivity contribution in [1.82, 2.24) is 0 Å². The Morgan fingerprint density at radius 2 is 2.17 bits per heavy atom. The highest BCUT2D eigenvalue weighted by Crippen LogP contribution is 2.45. The second kappa shape index (κ2) is 5.43. The van der Waals surface area contributed by atoms with Gasteiger partial charge in [-0.1, -0.05) is 13.8 Å². The van der Waals surface area contributed by atoms with Crippen molar-refractivity contribution in [2.45, 2.75) is 46.0 Å². The van der Waals surface area contributed by atoms with E-state index in [4.69, 9.17) is 0 Å². The molecule has 0 bridgehead atoms. The van der Waals surface area contributed by atoms with Gasteiger partial charge in [-0.25, -0.2) is 0 Å². The number of carboxylic acids is 1. The molecule has 1 aliphatic carbocycles. The largest absolute Gasteiger partial charge is 0.481 e. The molecular weight excluding hydrogens is 244 g/mol. The molecule has 100 valence electrons. The van der Waals surface area contributed by atoms with Gasteiger partial charge >= 0.3 is 5.97 Å². The topological polar surface area (TPSA) is 37.3 Å². The zero-order valence-electron chi connectivity index (χ0n) is 11.3. The van der Waals surface area contributed by atoms with E-state index in [9.17, 15) is 9.90 Å². The molecule has 18 heavy (non-hydrogen) atoms. The summed E-state index contributed by atoms with van der Waals surface area (Å²) in [4.78, 5) is 12.8. The van der Waals surface area contributed by atoms with Gasteiger partial charge in [-0.3, -0.25) is 4.79 Å². The minimum atomic E-state index is -0.616. The quantitative estimate of drug-likeness (QED) is 0.885. The van der Waals surface area contributed by atoms with Gasteiger partial charge < -0.3 is 5.11 Å². The molecule has 3 atom stereocenters. The summed E-state index contributed by atoms with van der Waals surface area (Å²) in [6.45, 7) is 6.61. The molecule has 1 aromatic rings. The summed E-state index contributed by atoms with van der Waals surface area (Å²) in [6.07, 6.45) is 2.94. The van der Waals surface area contributed by atoms with Crippen molar-refractivity contribution in [3.63, 3.8) is 0 Å². The Morgan fingerprint density at radius 1 is 1.44 bits per heavy atom. The van der Waals surface area contributed by atoms with E-state index in [2.05, 4.69) is 32.2 Å². The van der Waals surface area contributed by atoms with Gasteiger partial charge in [-0.2, -0.15) is 0 Å². The fourth-order valence-electron chi connectivity index (χ4n) is 3.16. The summed E-state index contributed by atoms with van der Waals surface area (Å²) in [5.74, 6) is 0.755. The molecule has 3 heteroatoms. The number of hydrogen-bond donors (Lipinski definition) is 1. The van der Waals surface area contributed by atoms with Gasteiger partial charge in [0.2, 0.25) is 0 Å². The molecule has 2 rings (SSSR count). The normalized spacial score (nSPS) is 28.6. The SMILES string of the molecule is Cc1ccsc1C1CC(C(C)C)CCC1C(=O)O. The Morgan fingerprint density at radius 3 is 2.67 bits per heavy atom. The van der Waals surface area contributed by atoms with Crippen LogP contribution in [0, 0.1) is 24.7 Å². The first-order valence-electron chi connectivity index (χ1n) is 6.77. The predicted molar refractivity (Wildman–Crippen MR) is 75.1 cm³/mol. The third-order valence-corrected chi connectivity index (χ3v) is 5.54. The van der Waals surface area contributed by atoms with Crippen molar-refractivity contribution in [3.8, 4) is 0 Å². The average molecular weight is 266 g/mol. The number of carbonyl (C=O) groups is 1. The number of thiophene rings is 1. The van der Waals surface area contributed by atoms with Crippen molar-refractivity contribution in [3.05, 3.63) is 21.9 Å². The van der Waals surface area contributed by atoms with Crippen molar-refractivity contribution >= 4 is 17.3 Å². The van der Waals surface area contributed by atoms with Gasteiger partial charge in [0, 0.05) is 10.8 Å². The van der Waals surface area contributed by atoms with Crippen molar-refractivity contribution in [2.75, 3.05) is 0 Å². The zero-order chi connectivity index (χ0) is 13.3. The zero-order valence-corrected chi connectivity index (χ0v) is 12.2. The lowest BCUT2D eigenvalue weighted by atomic mass is 9.69. The van der Waals surface area contributed by atoms with Gasteiger partial charge in [0.1, 0.15) is 0 Å². The van der Waals surface area contributed by atoms with E-state index in [0.717, 1.165) is 19.3 Å². The van der Waals surface area contributed by atoms with Gasteiger partial charge in [0.25, 0.3) is 0 Å². The molecule has 1 N–H and O–H groups in total. The maximum Gasteiger partial charge on any atom is 0.307 e. The number of rotatable bonds is 3. The lowest BCUT2D eigenvalue weighted by molar-refractivity contribution is -0.144. The minimum Gasteiger partial charge on any atom is -0.481 e. The van der Waals surface area contributed by atoms with Crippen LogP contribution in [0.2, 0.25) is 0 Å². The smallest absolute Gasteiger partial charge is 0.307 e. The number of aliphatic carboxylic acids is 1. The summed E-state index contributed by atoms with van der Waals surface area (Å²) in [5, 5.41) is 11.5. The molecule has 0 aliphatic heterocycles. The van der Waals surface area contributed by atoms with Crippen LogP contribution in [0.5, 0.6) is 0 Å². The molecule has 3 unspecified atom stereocenters. The van der Waals surface area contributed by atoms with E-state index >= 15 is 0 Å². The Hall–Kier alpha value is -0.830. The molecule has 0 saturated heterocycles. The minimum absolute atomic E-state index is 0.183. The summed E-state index contributed by atoms with van der Waals surface area (Å²) >= 11 is 1.73.